The van der Waals surface area contributed by atoms with Crippen LogP contribution in [0.4, 0.5) is 4.39 Å². The van der Waals surface area contributed by atoms with Gasteiger partial charge in [0.15, 0.2) is 5.78 Å². The third kappa shape index (κ3) is 1.80. The summed E-state index contributed by atoms with van der Waals surface area (Å²) in [7, 11) is 0. The quantitative estimate of drug-likeness (QED) is 0.718. The number of carbonyl (C=O) groups is 1. The maximum absolute atomic E-state index is 12.8. The van der Waals surface area contributed by atoms with E-state index in [9.17, 15) is 9.18 Å². The fourth-order valence-electron chi connectivity index (χ4n) is 1.66. The second-order valence-electron chi connectivity index (χ2n) is 3.41. The van der Waals surface area contributed by atoms with Gasteiger partial charge < -0.3 is 5.32 Å². The molecule has 2 heterocycles. The van der Waals surface area contributed by atoms with Crippen molar-refractivity contribution in [2.75, 3.05) is 6.54 Å². The average Bonchev–Trinajstić information content (AvgIpc) is 2.69. The predicted octanol–water partition coefficient (Wildman–Crippen LogP) is 1.16. The molecule has 1 aliphatic rings. The molecule has 0 bridgehead atoms. The van der Waals surface area contributed by atoms with E-state index in [1.165, 1.54) is 12.3 Å². The molecule has 0 amide bonds. The first kappa shape index (κ1) is 9.27. The van der Waals surface area contributed by atoms with Crippen molar-refractivity contribution in [1.82, 2.24) is 10.3 Å². The molecule has 0 radical (unpaired) electrons. The Labute approximate surface area is 81.3 Å². The molecular weight excluding hydrogens is 183 g/mol. The zero-order chi connectivity index (χ0) is 9.97. The van der Waals surface area contributed by atoms with E-state index in [1.807, 2.05) is 0 Å². The van der Waals surface area contributed by atoms with Gasteiger partial charge in [0.25, 0.3) is 0 Å². The first-order valence-corrected chi connectivity index (χ1v) is 4.65. The van der Waals surface area contributed by atoms with Crippen LogP contribution in [-0.2, 0) is 0 Å². The van der Waals surface area contributed by atoms with Gasteiger partial charge in [0, 0.05) is 11.8 Å². The van der Waals surface area contributed by atoms with Gasteiger partial charge in [0.1, 0.15) is 5.82 Å². The first-order chi connectivity index (χ1) is 6.77. The number of nitrogens with one attached hydrogen (secondary N) is 1. The predicted molar refractivity (Wildman–Crippen MR) is 49.6 cm³/mol. The van der Waals surface area contributed by atoms with Gasteiger partial charge in [0.05, 0.1) is 12.2 Å². The summed E-state index contributed by atoms with van der Waals surface area (Å²) in [6.45, 7) is 0.860. The molecule has 1 fully saturated rings. The van der Waals surface area contributed by atoms with Gasteiger partial charge in [-0.15, -0.1) is 0 Å². The highest BCUT2D eigenvalue weighted by atomic mass is 19.1. The van der Waals surface area contributed by atoms with E-state index in [-0.39, 0.29) is 11.8 Å². The van der Waals surface area contributed by atoms with E-state index in [2.05, 4.69) is 10.3 Å². The van der Waals surface area contributed by atoms with Crippen molar-refractivity contribution in [2.24, 2.45) is 0 Å². The van der Waals surface area contributed by atoms with E-state index < -0.39 is 5.82 Å². The number of carbonyl (C=O) groups excluding carboxylic acids is 1. The number of pyridine rings is 1. The number of Topliss-reactive ketones (excluding diaryl/α,β-unsaturated/α-hetero) is 1. The average molecular weight is 194 g/mol. The summed E-state index contributed by atoms with van der Waals surface area (Å²) in [5.74, 6) is -0.525. The Morgan fingerprint density at radius 2 is 2.43 bits per heavy atom. The lowest BCUT2D eigenvalue weighted by atomic mass is 10.0. The van der Waals surface area contributed by atoms with Crippen LogP contribution in [0, 0.1) is 5.82 Å². The van der Waals surface area contributed by atoms with Gasteiger partial charge in [-0.05, 0) is 25.5 Å². The Hall–Kier alpha value is -1.29. The normalized spacial score (nSPS) is 21.1. The minimum Gasteiger partial charge on any atom is -0.307 e. The number of halogens is 1. The number of ketones is 1. The zero-order valence-corrected chi connectivity index (χ0v) is 7.66. The third-order valence-electron chi connectivity index (χ3n) is 2.37. The highest BCUT2D eigenvalue weighted by Crippen LogP contribution is 2.12. The monoisotopic (exact) mass is 194 g/mol. The molecule has 4 heteroatoms. The van der Waals surface area contributed by atoms with Gasteiger partial charge in [-0.2, -0.15) is 0 Å². The second kappa shape index (κ2) is 3.84. The lowest BCUT2D eigenvalue weighted by Crippen LogP contribution is -2.30. The molecule has 3 nitrogen and oxygen atoms in total. The molecule has 1 aromatic heterocycles. The molecular formula is C10H11FN2O. The smallest absolute Gasteiger partial charge is 0.181 e. The summed E-state index contributed by atoms with van der Waals surface area (Å²) >= 11 is 0. The standard InChI is InChI=1S/C10H11FN2O/c11-8-4-7(5-12-6-8)10(14)9-2-1-3-13-9/h4-6,9,13H,1-3H2. The fraction of sp³-hybridized carbons (Fsp3) is 0.400. The van der Waals surface area contributed by atoms with Crippen molar-refractivity contribution in [3.63, 3.8) is 0 Å². The molecule has 2 rings (SSSR count). The second-order valence-corrected chi connectivity index (χ2v) is 3.41. The van der Waals surface area contributed by atoms with Crippen LogP contribution in [0.2, 0.25) is 0 Å². The molecule has 0 saturated carbocycles. The number of hydrogen-bond acceptors (Lipinski definition) is 3. The van der Waals surface area contributed by atoms with Crippen molar-refractivity contribution in [2.45, 2.75) is 18.9 Å². The van der Waals surface area contributed by atoms with Crippen LogP contribution in [0.1, 0.15) is 23.2 Å². The Kier molecular flexibility index (Phi) is 2.54. The molecule has 0 aliphatic carbocycles. The largest absolute Gasteiger partial charge is 0.307 e. The SMILES string of the molecule is O=C(c1cncc(F)c1)C1CCCN1. The maximum Gasteiger partial charge on any atom is 0.181 e. The van der Waals surface area contributed by atoms with Crippen molar-refractivity contribution >= 4 is 5.78 Å². The minimum atomic E-state index is -0.464. The summed E-state index contributed by atoms with van der Waals surface area (Å²) in [6, 6.07) is 1.08. The van der Waals surface area contributed by atoms with E-state index >= 15 is 0 Å². The summed E-state index contributed by atoms with van der Waals surface area (Å²) in [5, 5.41) is 3.07. The van der Waals surface area contributed by atoms with Crippen LogP contribution in [0.15, 0.2) is 18.5 Å². The van der Waals surface area contributed by atoms with Crippen LogP contribution in [0.3, 0.4) is 0 Å². The van der Waals surface area contributed by atoms with Crippen LogP contribution in [0.25, 0.3) is 0 Å². The van der Waals surface area contributed by atoms with Crippen LogP contribution < -0.4 is 5.32 Å². The van der Waals surface area contributed by atoms with Crippen molar-refractivity contribution in [3.8, 4) is 0 Å². The minimum absolute atomic E-state index is 0.0606. The fourth-order valence-corrected chi connectivity index (χ4v) is 1.66. The topological polar surface area (TPSA) is 42.0 Å². The van der Waals surface area contributed by atoms with Gasteiger partial charge in [-0.3, -0.25) is 9.78 Å². The molecule has 1 aliphatic heterocycles. The molecule has 1 atom stereocenters. The highest BCUT2D eigenvalue weighted by molar-refractivity contribution is 6.00. The molecule has 14 heavy (non-hydrogen) atoms. The van der Waals surface area contributed by atoms with E-state index in [4.69, 9.17) is 0 Å². The van der Waals surface area contributed by atoms with Gasteiger partial charge in [-0.25, -0.2) is 4.39 Å². The zero-order valence-electron chi connectivity index (χ0n) is 7.66. The van der Waals surface area contributed by atoms with Crippen molar-refractivity contribution < 1.29 is 9.18 Å². The molecule has 0 aromatic carbocycles. The summed E-state index contributed by atoms with van der Waals surface area (Å²) in [4.78, 5) is 15.4. The summed E-state index contributed by atoms with van der Waals surface area (Å²) in [6.07, 6.45) is 4.33. The Morgan fingerprint density at radius 3 is 3.07 bits per heavy atom. The third-order valence-corrected chi connectivity index (χ3v) is 2.37. The number of nitrogens with zero attached hydrogens (tertiary/aromatic N) is 1. The molecule has 1 saturated heterocycles. The van der Waals surface area contributed by atoms with Crippen molar-refractivity contribution in [3.05, 3.63) is 29.8 Å². The molecule has 1 aromatic rings. The van der Waals surface area contributed by atoms with Crippen LogP contribution in [0.5, 0.6) is 0 Å². The Morgan fingerprint density at radius 1 is 1.57 bits per heavy atom. The van der Waals surface area contributed by atoms with Crippen molar-refractivity contribution in [1.29, 1.82) is 0 Å². The van der Waals surface area contributed by atoms with Crippen LogP contribution >= 0.6 is 0 Å². The Balaban J connectivity index is 2.17. The summed E-state index contributed by atoms with van der Waals surface area (Å²) < 4.78 is 12.8. The maximum atomic E-state index is 12.8. The van der Waals surface area contributed by atoms with Gasteiger partial charge in [0.2, 0.25) is 0 Å². The molecule has 0 spiro atoms. The molecule has 1 N–H and O–H groups in total. The number of rotatable bonds is 2. The first-order valence-electron chi connectivity index (χ1n) is 4.65. The number of hydrogen-bond donors (Lipinski definition) is 1. The van der Waals surface area contributed by atoms with Gasteiger partial charge in [-0.1, -0.05) is 0 Å². The van der Waals surface area contributed by atoms with Gasteiger partial charge >= 0.3 is 0 Å². The van der Waals surface area contributed by atoms with E-state index in [0.717, 1.165) is 25.6 Å². The Bertz CT molecular complexity index is 348. The van der Waals surface area contributed by atoms with E-state index in [0.29, 0.717) is 5.56 Å². The summed E-state index contributed by atoms with van der Waals surface area (Å²) in [5.41, 5.74) is 0.351. The lowest BCUT2D eigenvalue weighted by Gasteiger charge is -2.07. The molecule has 74 valence electrons. The molecule has 1 unspecified atom stereocenters. The highest BCUT2D eigenvalue weighted by Gasteiger charge is 2.23. The van der Waals surface area contributed by atoms with Crippen LogP contribution in [-0.4, -0.2) is 23.4 Å². The van der Waals surface area contributed by atoms with E-state index in [1.54, 1.807) is 0 Å². The number of aromatic nitrogens is 1. The lowest BCUT2D eigenvalue weighted by molar-refractivity contribution is 0.0951.